The van der Waals surface area contributed by atoms with E-state index in [-0.39, 0.29) is 0 Å². The molecule has 2 aromatic rings. The number of halogens is 1. The third-order valence-electron chi connectivity index (χ3n) is 3.56. The summed E-state index contributed by atoms with van der Waals surface area (Å²) in [6, 6.07) is 11.6. The third kappa shape index (κ3) is 2.11. The lowest BCUT2D eigenvalue weighted by atomic mass is 9.97. The summed E-state index contributed by atoms with van der Waals surface area (Å²) in [5.74, 6) is 0.813. The van der Waals surface area contributed by atoms with E-state index in [1.165, 1.54) is 0 Å². The van der Waals surface area contributed by atoms with Crippen molar-refractivity contribution < 1.29 is 9.84 Å². The number of aliphatic hydroxyl groups is 1. The standard InChI is InChI=1S/C16H15ClO2/c1-10-4-2-6-12(14(10)17)15(18)13-7-3-5-11-8-9-19-16(11)13/h2-7,15,18H,8-9H2,1H3. The van der Waals surface area contributed by atoms with Gasteiger partial charge in [0.25, 0.3) is 0 Å². The van der Waals surface area contributed by atoms with Gasteiger partial charge in [-0.1, -0.05) is 48.0 Å². The Kier molecular flexibility index (Phi) is 3.21. The largest absolute Gasteiger partial charge is 0.493 e. The summed E-state index contributed by atoms with van der Waals surface area (Å²) in [4.78, 5) is 0. The summed E-state index contributed by atoms with van der Waals surface area (Å²) >= 11 is 6.29. The zero-order valence-corrected chi connectivity index (χ0v) is 11.4. The molecule has 0 saturated heterocycles. The van der Waals surface area contributed by atoms with E-state index in [2.05, 4.69) is 0 Å². The van der Waals surface area contributed by atoms with Crippen LogP contribution in [0, 0.1) is 6.92 Å². The van der Waals surface area contributed by atoms with Crippen LogP contribution in [-0.2, 0) is 6.42 Å². The summed E-state index contributed by atoms with van der Waals surface area (Å²) in [6.07, 6.45) is 0.151. The maximum atomic E-state index is 10.6. The van der Waals surface area contributed by atoms with Crippen molar-refractivity contribution in [2.45, 2.75) is 19.4 Å². The molecule has 0 bridgehead atoms. The lowest BCUT2D eigenvalue weighted by molar-refractivity contribution is 0.214. The minimum Gasteiger partial charge on any atom is -0.493 e. The summed E-state index contributed by atoms with van der Waals surface area (Å²) in [5.41, 5.74) is 3.64. The molecule has 0 aromatic heterocycles. The van der Waals surface area contributed by atoms with E-state index in [4.69, 9.17) is 16.3 Å². The molecule has 0 amide bonds. The number of aryl methyl sites for hydroxylation is 1. The fourth-order valence-corrected chi connectivity index (χ4v) is 2.73. The topological polar surface area (TPSA) is 29.5 Å². The van der Waals surface area contributed by atoms with Gasteiger partial charge in [0.1, 0.15) is 11.9 Å². The molecule has 1 atom stereocenters. The minimum atomic E-state index is -0.750. The predicted molar refractivity (Wildman–Crippen MR) is 75.9 cm³/mol. The van der Waals surface area contributed by atoms with Gasteiger partial charge in [0.2, 0.25) is 0 Å². The zero-order chi connectivity index (χ0) is 13.4. The average Bonchev–Trinajstić information content (AvgIpc) is 2.89. The fourth-order valence-electron chi connectivity index (χ4n) is 2.50. The van der Waals surface area contributed by atoms with Gasteiger partial charge in [0.05, 0.1) is 6.61 Å². The van der Waals surface area contributed by atoms with Crippen LogP contribution in [0.1, 0.15) is 28.4 Å². The number of hydrogen-bond donors (Lipinski definition) is 1. The molecule has 1 N–H and O–H groups in total. The Balaban J connectivity index is 2.08. The smallest absolute Gasteiger partial charge is 0.128 e. The highest BCUT2D eigenvalue weighted by molar-refractivity contribution is 6.32. The van der Waals surface area contributed by atoms with E-state index >= 15 is 0 Å². The number of rotatable bonds is 2. The van der Waals surface area contributed by atoms with Gasteiger partial charge in [-0.25, -0.2) is 0 Å². The number of hydrogen-bond acceptors (Lipinski definition) is 2. The normalized spacial score (nSPS) is 14.9. The quantitative estimate of drug-likeness (QED) is 0.905. The van der Waals surface area contributed by atoms with E-state index in [1.54, 1.807) is 0 Å². The molecule has 1 heterocycles. The molecule has 19 heavy (non-hydrogen) atoms. The molecule has 0 fully saturated rings. The van der Waals surface area contributed by atoms with Crippen molar-refractivity contribution in [1.29, 1.82) is 0 Å². The molecule has 3 rings (SSSR count). The maximum absolute atomic E-state index is 10.6. The first-order valence-electron chi connectivity index (χ1n) is 6.36. The van der Waals surface area contributed by atoms with Crippen molar-refractivity contribution in [2.24, 2.45) is 0 Å². The number of aliphatic hydroxyl groups excluding tert-OH is 1. The number of para-hydroxylation sites is 1. The summed E-state index contributed by atoms with van der Waals surface area (Å²) in [6.45, 7) is 2.62. The van der Waals surface area contributed by atoms with Crippen molar-refractivity contribution in [3.05, 3.63) is 63.7 Å². The molecule has 2 aromatic carbocycles. The van der Waals surface area contributed by atoms with Crippen LogP contribution in [0.5, 0.6) is 5.75 Å². The van der Waals surface area contributed by atoms with Crippen molar-refractivity contribution in [3.63, 3.8) is 0 Å². The SMILES string of the molecule is Cc1cccc(C(O)c2cccc3c2OCC3)c1Cl. The second-order valence-corrected chi connectivity index (χ2v) is 5.19. The van der Waals surface area contributed by atoms with Gasteiger partial charge in [0, 0.05) is 22.6 Å². The number of benzene rings is 2. The molecule has 0 spiro atoms. The first kappa shape index (κ1) is 12.5. The Labute approximate surface area is 117 Å². The summed E-state index contributed by atoms with van der Waals surface area (Å²) in [7, 11) is 0. The highest BCUT2D eigenvalue weighted by Crippen LogP contribution is 2.38. The van der Waals surface area contributed by atoms with E-state index in [1.807, 2.05) is 43.3 Å². The van der Waals surface area contributed by atoms with Gasteiger partial charge in [-0.2, -0.15) is 0 Å². The van der Waals surface area contributed by atoms with E-state index < -0.39 is 6.10 Å². The molecular formula is C16H15ClO2. The van der Waals surface area contributed by atoms with Crippen LogP contribution in [-0.4, -0.2) is 11.7 Å². The highest BCUT2D eigenvalue weighted by atomic mass is 35.5. The van der Waals surface area contributed by atoms with Gasteiger partial charge >= 0.3 is 0 Å². The van der Waals surface area contributed by atoms with Crippen LogP contribution in [0.25, 0.3) is 0 Å². The minimum absolute atomic E-state index is 0.616. The van der Waals surface area contributed by atoms with Crippen LogP contribution < -0.4 is 4.74 Å². The van der Waals surface area contributed by atoms with Crippen molar-refractivity contribution in [3.8, 4) is 5.75 Å². The molecule has 3 heteroatoms. The Hall–Kier alpha value is -1.51. The Bertz CT molecular complexity index is 622. The number of ether oxygens (including phenoxy) is 1. The molecule has 0 aliphatic carbocycles. The molecule has 1 aliphatic heterocycles. The highest BCUT2D eigenvalue weighted by Gasteiger charge is 2.23. The molecule has 98 valence electrons. The Morgan fingerprint density at radius 1 is 1.16 bits per heavy atom. The molecule has 0 radical (unpaired) electrons. The van der Waals surface area contributed by atoms with Crippen molar-refractivity contribution in [1.82, 2.24) is 0 Å². The summed E-state index contributed by atoms with van der Waals surface area (Å²) in [5, 5.41) is 11.2. The van der Waals surface area contributed by atoms with Crippen molar-refractivity contribution in [2.75, 3.05) is 6.61 Å². The van der Waals surface area contributed by atoms with Crippen LogP contribution in [0.2, 0.25) is 5.02 Å². The average molecular weight is 275 g/mol. The number of fused-ring (bicyclic) bond motifs is 1. The van der Waals surface area contributed by atoms with Crippen molar-refractivity contribution >= 4 is 11.6 Å². The monoisotopic (exact) mass is 274 g/mol. The Morgan fingerprint density at radius 2 is 1.89 bits per heavy atom. The van der Waals surface area contributed by atoms with Gasteiger partial charge in [-0.05, 0) is 18.1 Å². The Morgan fingerprint density at radius 3 is 2.74 bits per heavy atom. The van der Waals surface area contributed by atoms with Gasteiger partial charge in [0.15, 0.2) is 0 Å². The van der Waals surface area contributed by atoms with E-state index in [0.29, 0.717) is 11.6 Å². The van der Waals surface area contributed by atoms with E-state index in [9.17, 15) is 5.11 Å². The first-order chi connectivity index (χ1) is 9.18. The fraction of sp³-hybridized carbons (Fsp3) is 0.250. The summed E-state index contributed by atoms with van der Waals surface area (Å²) < 4.78 is 5.64. The molecule has 0 saturated carbocycles. The van der Waals surface area contributed by atoms with Crippen LogP contribution in [0.3, 0.4) is 0 Å². The van der Waals surface area contributed by atoms with Crippen LogP contribution in [0.15, 0.2) is 36.4 Å². The van der Waals surface area contributed by atoms with Gasteiger partial charge in [-0.3, -0.25) is 0 Å². The predicted octanol–water partition coefficient (Wildman–Crippen LogP) is 3.67. The molecule has 1 unspecified atom stereocenters. The van der Waals surface area contributed by atoms with Gasteiger partial charge in [-0.15, -0.1) is 0 Å². The second-order valence-electron chi connectivity index (χ2n) is 4.81. The zero-order valence-electron chi connectivity index (χ0n) is 10.7. The van der Waals surface area contributed by atoms with Crippen LogP contribution in [0.4, 0.5) is 0 Å². The lowest BCUT2D eigenvalue weighted by Crippen LogP contribution is -2.03. The molecule has 2 nitrogen and oxygen atoms in total. The lowest BCUT2D eigenvalue weighted by Gasteiger charge is -2.17. The van der Waals surface area contributed by atoms with Gasteiger partial charge < -0.3 is 9.84 Å². The molecular weight excluding hydrogens is 260 g/mol. The maximum Gasteiger partial charge on any atom is 0.128 e. The first-order valence-corrected chi connectivity index (χ1v) is 6.74. The second kappa shape index (κ2) is 4.87. The molecule has 1 aliphatic rings. The van der Waals surface area contributed by atoms with Crippen LogP contribution >= 0.6 is 11.6 Å². The van der Waals surface area contributed by atoms with E-state index in [0.717, 1.165) is 34.4 Å². The third-order valence-corrected chi connectivity index (χ3v) is 4.07.